The van der Waals surface area contributed by atoms with Gasteiger partial charge in [0.1, 0.15) is 0 Å². The van der Waals surface area contributed by atoms with Gasteiger partial charge in [0, 0.05) is 17.8 Å². The second-order valence-corrected chi connectivity index (χ2v) is 4.88. The van der Waals surface area contributed by atoms with Crippen molar-refractivity contribution in [3.63, 3.8) is 0 Å². The van der Waals surface area contributed by atoms with Crippen molar-refractivity contribution >= 4 is 5.71 Å². The minimum Gasteiger partial charge on any atom is -0.265 e. The molecule has 2 rings (SSSR count). The van der Waals surface area contributed by atoms with Crippen LogP contribution in [0.2, 0.25) is 0 Å². The van der Waals surface area contributed by atoms with Crippen LogP contribution < -0.4 is 0 Å². The monoisotopic (exact) mass is 205 g/mol. The number of nitrogens with zero attached hydrogens (tertiary/aromatic N) is 1. The minimum atomic E-state index is 0.789. The van der Waals surface area contributed by atoms with E-state index in [9.17, 15) is 0 Å². The maximum atomic E-state index is 4.68. The third-order valence-corrected chi connectivity index (χ3v) is 4.09. The van der Waals surface area contributed by atoms with E-state index in [4.69, 9.17) is 0 Å². The molecule has 2 unspecified atom stereocenters. The van der Waals surface area contributed by atoms with Gasteiger partial charge in [-0.15, -0.1) is 0 Å². The topological polar surface area (TPSA) is 12.4 Å². The van der Waals surface area contributed by atoms with Gasteiger partial charge >= 0.3 is 0 Å². The summed E-state index contributed by atoms with van der Waals surface area (Å²) in [5, 5.41) is 0. The molecule has 0 spiro atoms. The summed E-state index contributed by atoms with van der Waals surface area (Å²) < 4.78 is 0. The second-order valence-electron chi connectivity index (χ2n) is 4.88. The smallest absolute Gasteiger partial charge is 0.0262 e. The van der Waals surface area contributed by atoms with Crippen LogP contribution in [0.4, 0.5) is 0 Å². The number of hydrogen-bond acceptors (Lipinski definition) is 1. The molecule has 0 bridgehead atoms. The molecule has 15 heavy (non-hydrogen) atoms. The highest BCUT2D eigenvalue weighted by Gasteiger charge is 2.30. The van der Waals surface area contributed by atoms with Crippen molar-refractivity contribution in [2.24, 2.45) is 16.8 Å². The largest absolute Gasteiger partial charge is 0.265 e. The Bertz CT molecular complexity index is 247. The maximum absolute atomic E-state index is 4.68. The zero-order valence-corrected chi connectivity index (χ0v) is 10.1. The first-order valence-electron chi connectivity index (χ1n) is 6.62. The first-order chi connectivity index (χ1) is 7.36. The lowest BCUT2D eigenvalue weighted by molar-refractivity contribution is 0.431. The molecule has 2 aliphatic rings. The molecule has 0 radical (unpaired) electrons. The highest BCUT2D eigenvalue weighted by Crippen LogP contribution is 2.38. The Balaban J connectivity index is 2.23. The third-order valence-electron chi connectivity index (χ3n) is 4.09. The predicted molar refractivity (Wildman–Crippen MR) is 66.2 cm³/mol. The number of aliphatic imine (C=N–C) groups is 1. The standard InChI is InChI=1S/C14H23N/c1-3-11-10-15-14(4-2)13-9-7-5-6-8-12(11)13/h10,12-13H,3-9H2,1-2H3. The van der Waals surface area contributed by atoms with Crippen LogP contribution in [0.3, 0.4) is 0 Å². The molecule has 0 amide bonds. The summed E-state index contributed by atoms with van der Waals surface area (Å²) in [5.74, 6) is 1.63. The van der Waals surface area contributed by atoms with E-state index in [0.717, 1.165) is 18.3 Å². The molecular weight excluding hydrogens is 182 g/mol. The van der Waals surface area contributed by atoms with Gasteiger partial charge in [0.25, 0.3) is 0 Å². The van der Waals surface area contributed by atoms with Crippen molar-refractivity contribution < 1.29 is 0 Å². The highest BCUT2D eigenvalue weighted by molar-refractivity contribution is 5.88. The molecule has 1 nitrogen and oxygen atoms in total. The lowest BCUT2D eigenvalue weighted by atomic mass is 9.76. The van der Waals surface area contributed by atoms with Crippen LogP contribution in [0.1, 0.15) is 58.8 Å². The van der Waals surface area contributed by atoms with Gasteiger partial charge in [-0.1, -0.05) is 33.1 Å². The molecule has 2 atom stereocenters. The summed E-state index contributed by atoms with van der Waals surface area (Å²) in [7, 11) is 0. The molecule has 1 aliphatic carbocycles. The van der Waals surface area contributed by atoms with E-state index in [2.05, 4.69) is 25.0 Å². The van der Waals surface area contributed by atoms with Crippen LogP contribution in [0.15, 0.2) is 16.8 Å². The summed E-state index contributed by atoms with van der Waals surface area (Å²) in [6, 6.07) is 0. The highest BCUT2D eigenvalue weighted by atomic mass is 14.7. The molecule has 0 aromatic heterocycles. The molecule has 0 aromatic rings. The Morgan fingerprint density at radius 3 is 2.47 bits per heavy atom. The van der Waals surface area contributed by atoms with Crippen molar-refractivity contribution in [2.45, 2.75) is 58.8 Å². The van der Waals surface area contributed by atoms with Crippen LogP contribution in [0, 0.1) is 11.8 Å². The SMILES string of the molecule is CCC1=CN=C(CC)C2CCCCCC12. The van der Waals surface area contributed by atoms with E-state index in [1.165, 1.54) is 44.2 Å². The van der Waals surface area contributed by atoms with Gasteiger partial charge in [0.15, 0.2) is 0 Å². The summed E-state index contributed by atoms with van der Waals surface area (Å²) in [6.07, 6.45) is 11.6. The summed E-state index contributed by atoms with van der Waals surface area (Å²) in [6.45, 7) is 4.53. The van der Waals surface area contributed by atoms with Crippen LogP contribution in [0.25, 0.3) is 0 Å². The van der Waals surface area contributed by atoms with Crippen molar-refractivity contribution in [2.75, 3.05) is 0 Å². The molecule has 1 aliphatic heterocycles. The lowest BCUT2D eigenvalue weighted by Gasteiger charge is -2.31. The fourth-order valence-corrected chi connectivity index (χ4v) is 3.21. The number of rotatable bonds is 2. The molecule has 1 fully saturated rings. The summed E-state index contributed by atoms with van der Waals surface area (Å²) >= 11 is 0. The van der Waals surface area contributed by atoms with Crippen LogP contribution in [0.5, 0.6) is 0 Å². The first-order valence-corrected chi connectivity index (χ1v) is 6.62. The van der Waals surface area contributed by atoms with E-state index >= 15 is 0 Å². The predicted octanol–water partition coefficient (Wildman–Crippen LogP) is 4.34. The van der Waals surface area contributed by atoms with Gasteiger partial charge in [-0.2, -0.15) is 0 Å². The fraction of sp³-hybridized carbons (Fsp3) is 0.786. The quantitative estimate of drug-likeness (QED) is 0.636. The van der Waals surface area contributed by atoms with Gasteiger partial charge < -0.3 is 0 Å². The Labute approximate surface area is 93.7 Å². The van der Waals surface area contributed by atoms with Gasteiger partial charge in [-0.05, 0) is 37.2 Å². The average Bonchev–Trinajstić information content (AvgIpc) is 2.53. The zero-order chi connectivity index (χ0) is 10.7. The van der Waals surface area contributed by atoms with E-state index in [1.807, 2.05) is 0 Å². The third kappa shape index (κ3) is 2.16. The van der Waals surface area contributed by atoms with Crippen LogP contribution in [-0.4, -0.2) is 5.71 Å². The number of hydrogen-bond donors (Lipinski definition) is 0. The molecule has 0 aromatic carbocycles. The van der Waals surface area contributed by atoms with Crippen LogP contribution in [-0.2, 0) is 0 Å². The fourth-order valence-electron chi connectivity index (χ4n) is 3.21. The summed E-state index contributed by atoms with van der Waals surface area (Å²) in [5.41, 5.74) is 3.08. The van der Waals surface area contributed by atoms with Crippen molar-refractivity contribution in [3.8, 4) is 0 Å². The van der Waals surface area contributed by atoms with E-state index in [0.29, 0.717) is 0 Å². The normalized spacial score (nSPS) is 31.3. The van der Waals surface area contributed by atoms with Gasteiger partial charge in [0.2, 0.25) is 0 Å². The van der Waals surface area contributed by atoms with E-state index < -0.39 is 0 Å². The molecule has 1 heterocycles. The molecule has 1 saturated carbocycles. The Morgan fingerprint density at radius 1 is 1.07 bits per heavy atom. The van der Waals surface area contributed by atoms with Crippen LogP contribution >= 0.6 is 0 Å². The number of fused-ring (bicyclic) bond motifs is 1. The Morgan fingerprint density at radius 2 is 1.80 bits per heavy atom. The van der Waals surface area contributed by atoms with Gasteiger partial charge in [-0.25, -0.2) is 0 Å². The van der Waals surface area contributed by atoms with Gasteiger partial charge in [-0.3, -0.25) is 4.99 Å². The molecule has 84 valence electrons. The van der Waals surface area contributed by atoms with Gasteiger partial charge in [0.05, 0.1) is 0 Å². The number of allylic oxidation sites excluding steroid dienone is 1. The average molecular weight is 205 g/mol. The zero-order valence-electron chi connectivity index (χ0n) is 10.1. The molecule has 1 heteroatoms. The minimum absolute atomic E-state index is 0.789. The van der Waals surface area contributed by atoms with Crippen molar-refractivity contribution in [1.29, 1.82) is 0 Å². The van der Waals surface area contributed by atoms with Crippen molar-refractivity contribution in [1.82, 2.24) is 0 Å². The molecule has 0 N–H and O–H groups in total. The molecular formula is C14H23N. The maximum Gasteiger partial charge on any atom is 0.0262 e. The Kier molecular flexibility index (Phi) is 3.61. The lowest BCUT2D eigenvalue weighted by Crippen LogP contribution is -2.26. The Hall–Kier alpha value is -0.590. The van der Waals surface area contributed by atoms with E-state index in [1.54, 1.807) is 5.57 Å². The van der Waals surface area contributed by atoms with Crippen molar-refractivity contribution in [3.05, 3.63) is 11.8 Å². The molecule has 0 saturated heterocycles. The second kappa shape index (κ2) is 4.96. The van der Waals surface area contributed by atoms with E-state index in [-0.39, 0.29) is 0 Å². The first kappa shape index (κ1) is 10.9. The summed E-state index contributed by atoms with van der Waals surface area (Å²) in [4.78, 5) is 4.68.